The molecule has 1 aromatic heterocycles. The van der Waals surface area contributed by atoms with E-state index in [-0.39, 0.29) is 0 Å². The van der Waals surface area contributed by atoms with E-state index in [2.05, 4.69) is 30.0 Å². The standard InChI is InChI=1S/C15H28N4/c1-3-13-6-5-8-18(9-7-13)15(10-16)14-11-17-19(4-2)12-14/h11-13,15H,3-10,16H2,1-2H3. The van der Waals surface area contributed by atoms with Crippen molar-refractivity contribution in [3.63, 3.8) is 0 Å². The summed E-state index contributed by atoms with van der Waals surface area (Å²) in [7, 11) is 0. The molecule has 2 N–H and O–H groups in total. The summed E-state index contributed by atoms with van der Waals surface area (Å²) in [6.45, 7) is 8.40. The van der Waals surface area contributed by atoms with Crippen molar-refractivity contribution in [1.29, 1.82) is 0 Å². The fraction of sp³-hybridized carbons (Fsp3) is 0.800. The normalized spacial score (nSPS) is 23.2. The zero-order valence-corrected chi connectivity index (χ0v) is 12.4. The summed E-state index contributed by atoms with van der Waals surface area (Å²) < 4.78 is 1.99. The highest BCUT2D eigenvalue weighted by Crippen LogP contribution is 2.26. The molecule has 0 aromatic carbocycles. The van der Waals surface area contributed by atoms with Crippen LogP contribution < -0.4 is 5.73 Å². The van der Waals surface area contributed by atoms with Gasteiger partial charge in [0.05, 0.1) is 12.2 Å². The molecule has 108 valence electrons. The Morgan fingerprint density at radius 1 is 1.37 bits per heavy atom. The minimum absolute atomic E-state index is 0.343. The van der Waals surface area contributed by atoms with Gasteiger partial charge in [-0.05, 0) is 45.2 Å². The van der Waals surface area contributed by atoms with Crippen molar-refractivity contribution in [3.05, 3.63) is 18.0 Å². The summed E-state index contributed by atoms with van der Waals surface area (Å²) in [5.41, 5.74) is 7.30. The number of nitrogens with two attached hydrogens (primary N) is 1. The van der Waals surface area contributed by atoms with Gasteiger partial charge in [0.25, 0.3) is 0 Å². The zero-order valence-electron chi connectivity index (χ0n) is 12.4. The minimum atomic E-state index is 0.343. The predicted molar refractivity (Wildman–Crippen MR) is 78.9 cm³/mol. The third kappa shape index (κ3) is 3.57. The molecule has 0 spiro atoms. The third-order valence-corrected chi connectivity index (χ3v) is 4.49. The molecule has 0 radical (unpaired) electrons. The van der Waals surface area contributed by atoms with Crippen molar-refractivity contribution in [1.82, 2.24) is 14.7 Å². The summed E-state index contributed by atoms with van der Waals surface area (Å²) in [5.74, 6) is 0.904. The van der Waals surface area contributed by atoms with Crippen molar-refractivity contribution < 1.29 is 0 Å². The Morgan fingerprint density at radius 3 is 2.84 bits per heavy atom. The maximum Gasteiger partial charge on any atom is 0.0538 e. The summed E-state index contributed by atoms with van der Waals surface area (Å²) in [6, 6.07) is 0.343. The van der Waals surface area contributed by atoms with Gasteiger partial charge >= 0.3 is 0 Å². The molecule has 4 nitrogen and oxygen atoms in total. The van der Waals surface area contributed by atoms with E-state index in [9.17, 15) is 0 Å². The fourth-order valence-corrected chi connectivity index (χ4v) is 3.13. The lowest BCUT2D eigenvalue weighted by Gasteiger charge is -2.29. The van der Waals surface area contributed by atoms with Gasteiger partial charge in [0.2, 0.25) is 0 Å². The van der Waals surface area contributed by atoms with Gasteiger partial charge in [-0.1, -0.05) is 13.3 Å². The molecule has 19 heavy (non-hydrogen) atoms. The molecule has 1 fully saturated rings. The van der Waals surface area contributed by atoms with Crippen molar-refractivity contribution in [2.24, 2.45) is 11.7 Å². The first-order valence-electron chi connectivity index (χ1n) is 7.74. The predicted octanol–water partition coefficient (Wildman–Crippen LogP) is 2.41. The number of aryl methyl sites for hydroxylation is 1. The van der Waals surface area contributed by atoms with E-state index < -0.39 is 0 Å². The molecule has 1 saturated heterocycles. The van der Waals surface area contributed by atoms with Gasteiger partial charge in [-0.2, -0.15) is 5.10 Å². The van der Waals surface area contributed by atoms with Gasteiger partial charge in [0.1, 0.15) is 0 Å². The number of rotatable bonds is 5. The number of aromatic nitrogens is 2. The Morgan fingerprint density at radius 2 is 2.21 bits per heavy atom. The Balaban J connectivity index is 2.04. The van der Waals surface area contributed by atoms with E-state index in [1.807, 2.05) is 10.9 Å². The molecule has 1 aliphatic rings. The monoisotopic (exact) mass is 264 g/mol. The van der Waals surface area contributed by atoms with Crippen LogP contribution in [0.15, 0.2) is 12.4 Å². The lowest BCUT2D eigenvalue weighted by atomic mass is 9.98. The highest BCUT2D eigenvalue weighted by Gasteiger charge is 2.23. The molecule has 2 atom stereocenters. The Labute approximate surface area is 117 Å². The van der Waals surface area contributed by atoms with Gasteiger partial charge in [-0.25, -0.2) is 0 Å². The van der Waals surface area contributed by atoms with E-state index >= 15 is 0 Å². The molecule has 2 heterocycles. The van der Waals surface area contributed by atoms with Crippen molar-refractivity contribution >= 4 is 0 Å². The van der Waals surface area contributed by atoms with Crippen LogP contribution in [0.3, 0.4) is 0 Å². The molecule has 2 rings (SSSR count). The van der Waals surface area contributed by atoms with Crippen LogP contribution in [0.2, 0.25) is 0 Å². The van der Waals surface area contributed by atoms with Gasteiger partial charge in [-0.3, -0.25) is 9.58 Å². The second kappa shape index (κ2) is 7.06. The minimum Gasteiger partial charge on any atom is -0.329 e. The molecule has 0 amide bonds. The Kier molecular flexibility index (Phi) is 5.40. The van der Waals surface area contributed by atoms with Crippen LogP contribution in [0.5, 0.6) is 0 Å². The van der Waals surface area contributed by atoms with Gasteiger partial charge in [-0.15, -0.1) is 0 Å². The van der Waals surface area contributed by atoms with E-state index in [0.29, 0.717) is 12.6 Å². The molecule has 0 saturated carbocycles. The van der Waals surface area contributed by atoms with Crippen LogP contribution >= 0.6 is 0 Å². The third-order valence-electron chi connectivity index (χ3n) is 4.49. The summed E-state index contributed by atoms with van der Waals surface area (Å²) >= 11 is 0. The highest BCUT2D eigenvalue weighted by atomic mass is 15.3. The van der Waals surface area contributed by atoms with Gasteiger partial charge in [0.15, 0.2) is 0 Å². The van der Waals surface area contributed by atoms with Crippen LogP contribution in [-0.2, 0) is 6.54 Å². The lowest BCUT2D eigenvalue weighted by Crippen LogP contribution is -2.34. The van der Waals surface area contributed by atoms with E-state index in [4.69, 9.17) is 5.73 Å². The lowest BCUT2D eigenvalue weighted by molar-refractivity contribution is 0.206. The van der Waals surface area contributed by atoms with Gasteiger partial charge < -0.3 is 5.73 Å². The Bertz CT molecular complexity index is 374. The smallest absolute Gasteiger partial charge is 0.0538 e. The van der Waals surface area contributed by atoms with Crippen LogP contribution in [0.25, 0.3) is 0 Å². The largest absolute Gasteiger partial charge is 0.329 e. The fourth-order valence-electron chi connectivity index (χ4n) is 3.13. The average molecular weight is 264 g/mol. The Hall–Kier alpha value is -0.870. The van der Waals surface area contributed by atoms with Crippen LogP contribution in [0.4, 0.5) is 0 Å². The average Bonchev–Trinajstić information content (AvgIpc) is 2.78. The van der Waals surface area contributed by atoms with Crippen molar-refractivity contribution in [3.8, 4) is 0 Å². The molecule has 4 heteroatoms. The number of nitrogens with zero attached hydrogens (tertiary/aromatic N) is 3. The second-order valence-electron chi connectivity index (χ2n) is 5.62. The second-order valence-corrected chi connectivity index (χ2v) is 5.62. The van der Waals surface area contributed by atoms with E-state index in [1.54, 1.807) is 0 Å². The molecule has 0 bridgehead atoms. The molecular formula is C15H28N4. The van der Waals surface area contributed by atoms with Gasteiger partial charge in [0, 0.05) is 24.8 Å². The first kappa shape index (κ1) is 14.5. The maximum absolute atomic E-state index is 6.03. The maximum atomic E-state index is 6.03. The number of likely N-dealkylation sites (tertiary alicyclic amines) is 1. The molecule has 1 aliphatic heterocycles. The molecule has 1 aromatic rings. The highest BCUT2D eigenvalue weighted by molar-refractivity contribution is 5.11. The number of hydrogen-bond donors (Lipinski definition) is 1. The SMILES string of the molecule is CCC1CCCN(C(CN)c2cnn(CC)c2)CC1. The van der Waals surface area contributed by atoms with E-state index in [1.165, 1.54) is 44.3 Å². The van der Waals surface area contributed by atoms with Crippen molar-refractivity contribution in [2.45, 2.75) is 52.1 Å². The zero-order chi connectivity index (χ0) is 13.7. The molecular weight excluding hydrogens is 236 g/mol. The summed E-state index contributed by atoms with van der Waals surface area (Å²) in [4.78, 5) is 2.56. The number of hydrogen-bond acceptors (Lipinski definition) is 3. The van der Waals surface area contributed by atoms with E-state index in [0.717, 1.165) is 12.5 Å². The summed E-state index contributed by atoms with van der Waals surface area (Å²) in [6.07, 6.45) is 9.45. The van der Waals surface area contributed by atoms with Crippen LogP contribution in [0, 0.1) is 5.92 Å². The quantitative estimate of drug-likeness (QED) is 0.888. The van der Waals surface area contributed by atoms with Crippen molar-refractivity contribution in [2.75, 3.05) is 19.6 Å². The van der Waals surface area contributed by atoms with Crippen LogP contribution in [0.1, 0.15) is 51.1 Å². The molecule has 2 unspecified atom stereocenters. The van der Waals surface area contributed by atoms with Crippen LogP contribution in [-0.4, -0.2) is 34.3 Å². The first-order valence-corrected chi connectivity index (χ1v) is 7.74. The first-order chi connectivity index (χ1) is 9.28. The summed E-state index contributed by atoms with van der Waals surface area (Å²) in [5, 5.41) is 4.39. The molecule has 0 aliphatic carbocycles. The topological polar surface area (TPSA) is 47.1 Å².